The Labute approximate surface area is 194 Å². The zero-order chi connectivity index (χ0) is 24.0. The van der Waals surface area contributed by atoms with Gasteiger partial charge in [0.1, 0.15) is 29.7 Å². The summed E-state index contributed by atoms with van der Waals surface area (Å²) in [5.74, 6) is 1.04. The van der Waals surface area contributed by atoms with Gasteiger partial charge in [0.2, 0.25) is 11.8 Å². The van der Waals surface area contributed by atoms with Crippen LogP contribution in [0.3, 0.4) is 0 Å². The van der Waals surface area contributed by atoms with Gasteiger partial charge in [-0.3, -0.25) is 9.78 Å². The van der Waals surface area contributed by atoms with E-state index in [1.54, 1.807) is 40.4 Å². The number of hydrogen-bond donors (Lipinski definition) is 2. The van der Waals surface area contributed by atoms with Gasteiger partial charge in [0, 0.05) is 50.2 Å². The molecule has 0 bridgehead atoms. The highest BCUT2D eigenvalue weighted by Crippen LogP contribution is 2.28. The second kappa shape index (κ2) is 10.6. The Balaban J connectivity index is 1.47. The third kappa shape index (κ3) is 6.18. The van der Waals surface area contributed by atoms with Gasteiger partial charge in [0.25, 0.3) is 0 Å². The number of ether oxygens (including phenoxy) is 1. The summed E-state index contributed by atoms with van der Waals surface area (Å²) >= 11 is 0. The molecule has 2 aromatic heterocycles. The van der Waals surface area contributed by atoms with Crippen molar-refractivity contribution in [2.75, 3.05) is 33.8 Å². The summed E-state index contributed by atoms with van der Waals surface area (Å²) in [5, 5.41) is 13.4. The second-order valence-electron chi connectivity index (χ2n) is 8.69. The Morgan fingerprint density at radius 3 is 2.58 bits per heavy atom. The van der Waals surface area contributed by atoms with Crippen LogP contribution in [0.4, 0.5) is 0 Å². The van der Waals surface area contributed by atoms with Crippen LogP contribution in [-0.2, 0) is 10.2 Å². The van der Waals surface area contributed by atoms with Crippen LogP contribution in [0, 0.1) is 6.92 Å². The van der Waals surface area contributed by atoms with E-state index < -0.39 is 11.5 Å². The number of carbonyl (C=O) groups excluding carboxylic acids is 1. The van der Waals surface area contributed by atoms with Crippen LogP contribution < -0.4 is 10.1 Å². The van der Waals surface area contributed by atoms with Crippen molar-refractivity contribution in [2.45, 2.75) is 32.3 Å². The average Bonchev–Trinajstić information content (AvgIpc) is 3.30. The molecule has 3 rings (SSSR count). The predicted molar refractivity (Wildman–Crippen MR) is 126 cm³/mol. The van der Waals surface area contributed by atoms with E-state index in [1.807, 2.05) is 43.3 Å². The number of nitrogens with zero attached hydrogens (tertiary/aromatic N) is 3. The number of pyridine rings is 1. The lowest BCUT2D eigenvalue weighted by Crippen LogP contribution is -2.39. The van der Waals surface area contributed by atoms with Crippen molar-refractivity contribution < 1.29 is 19.1 Å². The van der Waals surface area contributed by atoms with E-state index >= 15 is 0 Å². The predicted octanol–water partition coefficient (Wildman–Crippen LogP) is 3.11. The summed E-state index contributed by atoms with van der Waals surface area (Å²) in [4.78, 5) is 22.7. The molecule has 2 N–H and O–H groups in total. The quantitative estimate of drug-likeness (QED) is 0.456. The number of likely N-dealkylation sites (N-methyl/N-ethyl adjacent to an activating group) is 1. The summed E-state index contributed by atoms with van der Waals surface area (Å²) in [6.07, 6.45) is 2.65. The van der Waals surface area contributed by atoms with Gasteiger partial charge in [-0.2, -0.15) is 0 Å². The van der Waals surface area contributed by atoms with Gasteiger partial charge < -0.3 is 24.5 Å². The Bertz CT molecular complexity index is 1040. The fourth-order valence-electron chi connectivity index (χ4n) is 3.34. The highest BCUT2D eigenvalue weighted by molar-refractivity contribution is 5.86. The first-order valence-electron chi connectivity index (χ1n) is 10.9. The molecule has 176 valence electrons. The Morgan fingerprint density at radius 1 is 1.21 bits per heavy atom. The van der Waals surface area contributed by atoms with Gasteiger partial charge >= 0.3 is 0 Å². The Morgan fingerprint density at radius 2 is 1.94 bits per heavy atom. The molecule has 1 atom stereocenters. The molecule has 0 aliphatic rings. The Hall–Kier alpha value is -3.23. The molecular weight excluding hydrogens is 420 g/mol. The van der Waals surface area contributed by atoms with Crippen molar-refractivity contribution >= 4 is 5.91 Å². The van der Waals surface area contributed by atoms with E-state index in [9.17, 15) is 9.90 Å². The minimum atomic E-state index is -0.846. The molecule has 1 amide bonds. The summed E-state index contributed by atoms with van der Waals surface area (Å²) in [7, 11) is 3.43. The number of nitrogens with one attached hydrogen (secondary N) is 1. The minimum Gasteiger partial charge on any atom is -0.492 e. The van der Waals surface area contributed by atoms with E-state index in [1.165, 1.54) is 4.90 Å². The zero-order valence-electron chi connectivity index (χ0n) is 19.8. The molecule has 33 heavy (non-hydrogen) atoms. The van der Waals surface area contributed by atoms with Gasteiger partial charge in [-0.25, -0.2) is 4.98 Å². The fourth-order valence-corrected chi connectivity index (χ4v) is 3.34. The molecule has 0 radical (unpaired) electrons. The lowest BCUT2D eigenvalue weighted by molar-refractivity contribution is -0.134. The van der Waals surface area contributed by atoms with Crippen LogP contribution in [0.5, 0.6) is 5.75 Å². The molecule has 0 fully saturated rings. The largest absolute Gasteiger partial charge is 0.492 e. The number of aliphatic hydroxyl groups excluding tert-OH is 1. The standard InChI is InChI=1S/C25H32N4O4/c1-17-6-7-19(14-27-17)22(30)15-26-12-13-32-20-10-8-18(9-11-20)21-16-33-23(28-21)25(2,3)24(31)29(4)5/h6-11,14,16,22,26,30H,12-13,15H2,1-5H3/t22-/m1/s1. The van der Waals surface area contributed by atoms with Crippen LogP contribution in [0.2, 0.25) is 0 Å². The highest BCUT2D eigenvalue weighted by atomic mass is 16.5. The van der Waals surface area contributed by atoms with E-state index in [-0.39, 0.29) is 5.91 Å². The van der Waals surface area contributed by atoms with Crippen LogP contribution in [0.15, 0.2) is 53.3 Å². The van der Waals surface area contributed by atoms with Crippen LogP contribution in [-0.4, -0.2) is 59.7 Å². The first kappa shape index (κ1) is 24.4. The van der Waals surface area contributed by atoms with Gasteiger partial charge in [0.05, 0.1) is 6.10 Å². The average molecular weight is 453 g/mol. The van der Waals surface area contributed by atoms with Crippen molar-refractivity contribution in [3.63, 3.8) is 0 Å². The topological polar surface area (TPSA) is 101 Å². The van der Waals surface area contributed by atoms with Crippen molar-refractivity contribution in [3.8, 4) is 17.0 Å². The normalized spacial score (nSPS) is 12.4. The van der Waals surface area contributed by atoms with Crippen LogP contribution in [0.1, 0.15) is 37.1 Å². The summed E-state index contributed by atoms with van der Waals surface area (Å²) in [6.45, 7) is 7.00. The molecule has 0 saturated carbocycles. The van der Waals surface area contributed by atoms with Gasteiger partial charge in [-0.1, -0.05) is 6.07 Å². The maximum absolute atomic E-state index is 12.4. The third-order valence-corrected chi connectivity index (χ3v) is 5.33. The molecule has 8 heteroatoms. The fraction of sp³-hybridized carbons (Fsp3) is 0.400. The van der Waals surface area contributed by atoms with Crippen molar-refractivity contribution in [3.05, 3.63) is 66.0 Å². The van der Waals surface area contributed by atoms with Crippen molar-refractivity contribution in [1.29, 1.82) is 0 Å². The molecule has 0 aliphatic carbocycles. The number of amides is 1. The molecule has 0 unspecified atom stereocenters. The summed E-state index contributed by atoms with van der Waals surface area (Å²) in [5.41, 5.74) is 2.40. The van der Waals surface area contributed by atoms with Gasteiger partial charge in [-0.15, -0.1) is 0 Å². The maximum atomic E-state index is 12.4. The van der Waals surface area contributed by atoms with E-state index in [2.05, 4.69) is 15.3 Å². The first-order valence-corrected chi connectivity index (χ1v) is 10.9. The number of aromatic nitrogens is 2. The van der Waals surface area contributed by atoms with Gasteiger partial charge in [-0.05, 0) is 51.1 Å². The molecule has 8 nitrogen and oxygen atoms in total. The SMILES string of the molecule is Cc1ccc([C@H](O)CNCCOc2ccc(-c3coc(C(C)(C)C(=O)N(C)C)n3)cc2)cn1. The number of aryl methyl sites for hydroxylation is 1. The lowest BCUT2D eigenvalue weighted by atomic mass is 9.91. The molecule has 0 aliphatic heterocycles. The van der Waals surface area contributed by atoms with Gasteiger partial charge in [0.15, 0.2) is 0 Å². The van der Waals surface area contributed by atoms with Crippen molar-refractivity contribution in [1.82, 2.24) is 20.2 Å². The maximum Gasteiger partial charge on any atom is 0.237 e. The molecule has 1 aromatic carbocycles. The van der Waals surface area contributed by atoms with Crippen LogP contribution >= 0.6 is 0 Å². The number of oxazole rings is 1. The summed E-state index contributed by atoms with van der Waals surface area (Å²) < 4.78 is 11.4. The monoisotopic (exact) mass is 452 g/mol. The number of hydrogen-bond acceptors (Lipinski definition) is 7. The smallest absolute Gasteiger partial charge is 0.237 e. The number of benzene rings is 1. The molecule has 2 heterocycles. The van der Waals surface area contributed by atoms with E-state index in [0.29, 0.717) is 31.3 Å². The zero-order valence-corrected chi connectivity index (χ0v) is 19.8. The highest BCUT2D eigenvalue weighted by Gasteiger charge is 2.36. The van der Waals surface area contributed by atoms with E-state index in [4.69, 9.17) is 9.15 Å². The molecular formula is C25H32N4O4. The molecule has 0 spiro atoms. The van der Waals surface area contributed by atoms with E-state index in [0.717, 1.165) is 22.6 Å². The second-order valence-corrected chi connectivity index (χ2v) is 8.69. The number of rotatable bonds is 10. The first-order chi connectivity index (χ1) is 15.7. The molecule has 3 aromatic rings. The van der Waals surface area contributed by atoms with Crippen molar-refractivity contribution in [2.24, 2.45) is 0 Å². The summed E-state index contributed by atoms with van der Waals surface area (Å²) in [6, 6.07) is 11.3. The minimum absolute atomic E-state index is 0.0729. The van der Waals surface area contributed by atoms with Crippen LogP contribution in [0.25, 0.3) is 11.3 Å². The number of aliphatic hydroxyl groups is 1. The molecule has 0 saturated heterocycles. The Kier molecular flexibility index (Phi) is 7.84. The lowest BCUT2D eigenvalue weighted by Gasteiger charge is -2.23. The third-order valence-electron chi connectivity index (χ3n) is 5.33. The number of carbonyl (C=O) groups is 1.